The third kappa shape index (κ3) is 3.21. The van der Waals surface area contributed by atoms with Gasteiger partial charge < -0.3 is 5.32 Å². The van der Waals surface area contributed by atoms with Crippen molar-refractivity contribution in [3.05, 3.63) is 0 Å². The van der Waals surface area contributed by atoms with Gasteiger partial charge in [-0.2, -0.15) is 0 Å². The fraction of sp³-hybridized carbons (Fsp3) is 1.00. The molecular weight excluding hydrogens is 196 g/mol. The van der Waals surface area contributed by atoms with E-state index in [0.717, 1.165) is 18.0 Å². The van der Waals surface area contributed by atoms with Crippen LogP contribution in [-0.2, 0) is 0 Å². The van der Waals surface area contributed by atoms with Crippen molar-refractivity contribution >= 4 is 0 Å². The van der Waals surface area contributed by atoms with E-state index in [4.69, 9.17) is 0 Å². The van der Waals surface area contributed by atoms with Crippen LogP contribution >= 0.6 is 0 Å². The maximum absolute atomic E-state index is 3.76. The normalized spacial score (nSPS) is 28.5. The Hall–Kier alpha value is -0.0800. The highest BCUT2D eigenvalue weighted by Crippen LogP contribution is 2.34. The second-order valence-corrected chi connectivity index (χ2v) is 5.60. The van der Waals surface area contributed by atoms with Crippen LogP contribution in [0.3, 0.4) is 0 Å². The van der Waals surface area contributed by atoms with Crippen molar-refractivity contribution in [2.45, 2.75) is 64.5 Å². The Morgan fingerprint density at radius 2 is 2.06 bits per heavy atom. The molecule has 2 atom stereocenters. The maximum Gasteiger partial charge on any atom is 0.0223 e. The molecule has 0 aromatic heterocycles. The molecule has 1 saturated heterocycles. The molecule has 1 aliphatic heterocycles. The fourth-order valence-corrected chi connectivity index (χ4v) is 3.06. The molecule has 0 spiro atoms. The zero-order valence-corrected chi connectivity index (χ0v) is 11.0. The predicted molar refractivity (Wildman–Crippen MR) is 69.7 cm³/mol. The van der Waals surface area contributed by atoms with Gasteiger partial charge in [0, 0.05) is 18.6 Å². The van der Waals surface area contributed by atoms with Crippen LogP contribution in [0.5, 0.6) is 0 Å². The molecule has 1 N–H and O–H groups in total. The number of likely N-dealkylation sites (tertiary alicyclic amines) is 1. The highest BCUT2D eigenvalue weighted by Gasteiger charge is 2.34. The molecular formula is C14H28N2. The van der Waals surface area contributed by atoms with E-state index < -0.39 is 0 Å². The van der Waals surface area contributed by atoms with Gasteiger partial charge in [0.25, 0.3) is 0 Å². The quantitative estimate of drug-likeness (QED) is 0.715. The third-order valence-electron chi connectivity index (χ3n) is 4.25. The lowest BCUT2D eigenvalue weighted by Gasteiger charge is -2.29. The molecule has 1 saturated carbocycles. The van der Waals surface area contributed by atoms with Gasteiger partial charge >= 0.3 is 0 Å². The molecule has 0 aromatic rings. The summed E-state index contributed by atoms with van der Waals surface area (Å²) in [4.78, 5) is 2.74. The molecule has 0 amide bonds. The van der Waals surface area contributed by atoms with Crippen LogP contribution < -0.4 is 5.32 Å². The van der Waals surface area contributed by atoms with E-state index in [9.17, 15) is 0 Å². The van der Waals surface area contributed by atoms with Gasteiger partial charge in [0.2, 0.25) is 0 Å². The van der Waals surface area contributed by atoms with Gasteiger partial charge in [-0.05, 0) is 57.5 Å². The summed E-state index contributed by atoms with van der Waals surface area (Å²) in [6.07, 6.45) is 8.38. The largest absolute Gasteiger partial charge is 0.312 e. The minimum atomic E-state index is 0.784. The first-order valence-electron chi connectivity index (χ1n) is 7.32. The van der Waals surface area contributed by atoms with Crippen molar-refractivity contribution < 1.29 is 0 Å². The Kier molecular flexibility index (Phi) is 4.66. The molecule has 16 heavy (non-hydrogen) atoms. The average Bonchev–Trinajstić information content (AvgIpc) is 3.05. The first kappa shape index (κ1) is 12.4. The maximum atomic E-state index is 3.76. The summed E-state index contributed by atoms with van der Waals surface area (Å²) in [5.41, 5.74) is 0. The number of nitrogens with one attached hydrogen (secondary N) is 1. The van der Waals surface area contributed by atoms with Crippen LogP contribution in [0, 0.1) is 5.92 Å². The van der Waals surface area contributed by atoms with E-state index in [-0.39, 0.29) is 0 Å². The number of hydrogen-bond acceptors (Lipinski definition) is 2. The number of hydrogen-bond donors (Lipinski definition) is 1. The summed E-state index contributed by atoms with van der Waals surface area (Å²) in [5, 5.41) is 3.76. The molecule has 2 fully saturated rings. The lowest BCUT2D eigenvalue weighted by atomic mass is 10.1. The van der Waals surface area contributed by atoms with E-state index in [1.807, 2.05) is 0 Å². The van der Waals surface area contributed by atoms with Crippen molar-refractivity contribution in [1.82, 2.24) is 10.2 Å². The van der Waals surface area contributed by atoms with Gasteiger partial charge in [0.1, 0.15) is 0 Å². The molecule has 2 nitrogen and oxygen atoms in total. The fourth-order valence-electron chi connectivity index (χ4n) is 3.06. The molecule has 1 aliphatic carbocycles. The molecule has 0 aromatic carbocycles. The van der Waals surface area contributed by atoms with E-state index in [0.29, 0.717) is 0 Å². The summed E-state index contributed by atoms with van der Waals surface area (Å²) < 4.78 is 0. The van der Waals surface area contributed by atoms with E-state index >= 15 is 0 Å². The van der Waals surface area contributed by atoms with Crippen molar-refractivity contribution in [1.29, 1.82) is 0 Å². The van der Waals surface area contributed by atoms with Gasteiger partial charge in [0.05, 0.1) is 0 Å². The minimum absolute atomic E-state index is 0.784. The molecule has 2 aliphatic rings. The number of rotatable bonds is 7. The van der Waals surface area contributed by atoms with Crippen molar-refractivity contribution in [2.24, 2.45) is 5.92 Å². The van der Waals surface area contributed by atoms with Crippen molar-refractivity contribution in [2.75, 3.05) is 19.6 Å². The Bertz CT molecular complexity index is 201. The van der Waals surface area contributed by atoms with Crippen LogP contribution in [0.4, 0.5) is 0 Å². The highest BCUT2D eigenvalue weighted by atomic mass is 15.2. The van der Waals surface area contributed by atoms with Gasteiger partial charge in [-0.25, -0.2) is 0 Å². The SMILES string of the molecule is CCCNC(CN1CCCC1CC)C1CC1. The zero-order valence-electron chi connectivity index (χ0n) is 11.0. The Morgan fingerprint density at radius 3 is 2.69 bits per heavy atom. The standard InChI is InChI=1S/C14H28N2/c1-3-9-15-14(12-7-8-12)11-16-10-5-6-13(16)4-2/h12-15H,3-11H2,1-2H3. The Morgan fingerprint density at radius 1 is 1.25 bits per heavy atom. The van der Waals surface area contributed by atoms with Crippen molar-refractivity contribution in [3.63, 3.8) is 0 Å². The molecule has 2 unspecified atom stereocenters. The van der Waals surface area contributed by atoms with Gasteiger partial charge in [-0.1, -0.05) is 13.8 Å². The zero-order chi connectivity index (χ0) is 11.4. The summed E-state index contributed by atoms with van der Waals surface area (Å²) in [6.45, 7) is 8.46. The lowest BCUT2D eigenvalue weighted by molar-refractivity contribution is 0.211. The van der Waals surface area contributed by atoms with Crippen molar-refractivity contribution in [3.8, 4) is 0 Å². The monoisotopic (exact) mass is 224 g/mol. The van der Waals surface area contributed by atoms with E-state index in [1.165, 1.54) is 58.2 Å². The van der Waals surface area contributed by atoms with Gasteiger partial charge in [0.15, 0.2) is 0 Å². The van der Waals surface area contributed by atoms with Gasteiger partial charge in [-0.15, -0.1) is 0 Å². The first-order valence-corrected chi connectivity index (χ1v) is 7.32. The number of nitrogens with zero attached hydrogens (tertiary/aromatic N) is 1. The molecule has 0 bridgehead atoms. The van der Waals surface area contributed by atoms with Gasteiger partial charge in [-0.3, -0.25) is 4.90 Å². The van der Waals surface area contributed by atoms with Crippen LogP contribution in [-0.4, -0.2) is 36.6 Å². The highest BCUT2D eigenvalue weighted by molar-refractivity contribution is 4.91. The Labute approximate surface area is 101 Å². The molecule has 2 heteroatoms. The molecule has 2 rings (SSSR count). The molecule has 94 valence electrons. The molecule has 0 radical (unpaired) electrons. The Balaban J connectivity index is 1.79. The van der Waals surface area contributed by atoms with Crippen LogP contribution in [0.15, 0.2) is 0 Å². The lowest BCUT2D eigenvalue weighted by Crippen LogP contribution is -2.44. The third-order valence-corrected chi connectivity index (χ3v) is 4.25. The van der Waals surface area contributed by atoms with Crippen LogP contribution in [0.25, 0.3) is 0 Å². The van der Waals surface area contributed by atoms with Crippen LogP contribution in [0.1, 0.15) is 52.4 Å². The van der Waals surface area contributed by atoms with E-state index in [1.54, 1.807) is 0 Å². The topological polar surface area (TPSA) is 15.3 Å². The summed E-state index contributed by atoms with van der Waals surface area (Å²) in [7, 11) is 0. The summed E-state index contributed by atoms with van der Waals surface area (Å²) in [5.74, 6) is 0.990. The second-order valence-electron chi connectivity index (χ2n) is 5.60. The second kappa shape index (κ2) is 6.02. The predicted octanol–water partition coefficient (Wildman–Crippen LogP) is 2.64. The van der Waals surface area contributed by atoms with Crippen LogP contribution in [0.2, 0.25) is 0 Å². The average molecular weight is 224 g/mol. The summed E-state index contributed by atoms with van der Waals surface area (Å²) >= 11 is 0. The smallest absolute Gasteiger partial charge is 0.0223 e. The van der Waals surface area contributed by atoms with E-state index in [2.05, 4.69) is 24.1 Å². The first-order chi connectivity index (χ1) is 7.85. The molecule has 1 heterocycles. The minimum Gasteiger partial charge on any atom is -0.312 e. The summed E-state index contributed by atoms with van der Waals surface area (Å²) in [6, 6.07) is 1.66.